The fourth-order valence-corrected chi connectivity index (χ4v) is 4.17. The summed E-state index contributed by atoms with van der Waals surface area (Å²) in [5.74, 6) is 2.84. The molecule has 0 saturated carbocycles. The molecular formula is C20H33IN4OS. The predicted octanol–water partition coefficient (Wildman–Crippen LogP) is 3.55. The van der Waals surface area contributed by atoms with E-state index < -0.39 is 0 Å². The molecule has 0 aliphatic carbocycles. The van der Waals surface area contributed by atoms with Crippen molar-refractivity contribution in [2.45, 2.75) is 32.6 Å². The summed E-state index contributed by atoms with van der Waals surface area (Å²) in [7, 11) is 3.54. The van der Waals surface area contributed by atoms with Crippen molar-refractivity contribution in [1.82, 2.24) is 15.1 Å². The molecule has 0 spiro atoms. The molecule has 1 unspecified atom stereocenters. The van der Waals surface area contributed by atoms with Gasteiger partial charge in [0.05, 0.1) is 6.54 Å². The summed E-state index contributed by atoms with van der Waals surface area (Å²) in [6, 6.07) is 7.75. The summed E-state index contributed by atoms with van der Waals surface area (Å²) in [4.78, 5) is 20.8. The number of amides is 1. The Bertz CT molecular complexity index is 619. The minimum atomic E-state index is 0. The van der Waals surface area contributed by atoms with E-state index in [4.69, 9.17) is 4.99 Å². The Balaban J connectivity index is 0.00000364. The number of nitrogens with one attached hydrogen (secondary N) is 1. The van der Waals surface area contributed by atoms with E-state index in [-0.39, 0.29) is 29.9 Å². The lowest BCUT2D eigenvalue weighted by Gasteiger charge is -2.36. The molecule has 1 heterocycles. The number of carbonyl (C=O) groups is 1. The quantitative estimate of drug-likeness (QED) is 0.379. The average molecular weight is 504 g/mol. The Labute approximate surface area is 185 Å². The van der Waals surface area contributed by atoms with Gasteiger partial charge >= 0.3 is 0 Å². The number of hydrogen-bond acceptors (Lipinski definition) is 3. The normalized spacial score (nSPS) is 17.5. The van der Waals surface area contributed by atoms with E-state index >= 15 is 0 Å². The molecular weight excluding hydrogens is 471 g/mol. The molecule has 0 aromatic heterocycles. The summed E-state index contributed by atoms with van der Waals surface area (Å²) in [5.41, 5.74) is 1.82. The maximum Gasteiger partial charge on any atom is 0.253 e. The molecule has 5 nitrogen and oxygen atoms in total. The van der Waals surface area contributed by atoms with Crippen LogP contribution >= 0.6 is 35.7 Å². The van der Waals surface area contributed by atoms with Crippen LogP contribution in [0.3, 0.4) is 0 Å². The van der Waals surface area contributed by atoms with Crippen LogP contribution in [0.5, 0.6) is 0 Å². The van der Waals surface area contributed by atoms with Crippen LogP contribution in [0.4, 0.5) is 0 Å². The number of aliphatic imine (C=N–C) groups is 1. The minimum absolute atomic E-state index is 0. The zero-order valence-electron chi connectivity index (χ0n) is 17.1. The lowest BCUT2D eigenvalue weighted by atomic mass is 10.1. The lowest BCUT2D eigenvalue weighted by Crippen LogP contribution is -2.49. The van der Waals surface area contributed by atoms with E-state index in [1.165, 1.54) is 0 Å². The number of rotatable bonds is 5. The van der Waals surface area contributed by atoms with Gasteiger partial charge in [-0.1, -0.05) is 26.0 Å². The first-order valence-corrected chi connectivity index (χ1v) is 10.4. The van der Waals surface area contributed by atoms with Gasteiger partial charge in [-0.2, -0.15) is 11.8 Å². The second-order valence-electron chi connectivity index (χ2n) is 7.17. The highest BCUT2D eigenvalue weighted by atomic mass is 127. The summed E-state index contributed by atoms with van der Waals surface area (Å²) in [6.45, 7) is 10.3. The molecule has 27 heavy (non-hydrogen) atoms. The molecule has 1 saturated heterocycles. The average Bonchev–Trinajstić information content (AvgIpc) is 2.65. The van der Waals surface area contributed by atoms with Crippen molar-refractivity contribution in [3.63, 3.8) is 0 Å². The Kier molecular flexibility index (Phi) is 10.5. The van der Waals surface area contributed by atoms with Gasteiger partial charge in [0.25, 0.3) is 5.91 Å². The smallest absolute Gasteiger partial charge is 0.253 e. The van der Waals surface area contributed by atoms with Gasteiger partial charge in [-0.15, -0.1) is 24.0 Å². The topological polar surface area (TPSA) is 47.9 Å². The molecule has 1 atom stereocenters. The zero-order chi connectivity index (χ0) is 19.1. The molecule has 1 aromatic rings. The highest BCUT2D eigenvalue weighted by Gasteiger charge is 2.24. The van der Waals surface area contributed by atoms with Crippen molar-refractivity contribution in [1.29, 1.82) is 0 Å². The monoisotopic (exact) mass is 504 g/mol. The maximum atomic E-state index is 12.0. The van der Waals surface area contributed by atoms with Crippen LogP contribution in [0.15, 0.2) is 29.3 Å². The van der Waals surface area contributed by atoms with E-state index in [1.54, 1.807) is 19.0 Å². The first-order chi connectivity index (χ1) is 12.4. The van der Waals surface area contributed by atoms with Crippen molar-refractivity contribution in [3.05, 3.63) is 35.4 Å². The van der Waals surface area contributed by atoms with Crippen LogP contribution < -0.4 is 5.32 Å². The van der Waals surface area contributed by atoms with Gasteiger partial charge in [-0.05, 0) is 30.5 Å². The molecule has 1 amide bonds. The van der Waals surface area contributed by atoms with Crippen LogP contribution in [0.1, 0.15) is 36.7 Å². The van der Waals surface area contributed by atoms with Crippen LogP contribution in [-0.4, -0.2) is 66.4 Å². The zero-order valence-corrected chi connectivity index (χ0v) is 20.2. The number of guanidine groups is 1. The van der Waals surface area contributed by atoms with Crippen molar-refractivity contribution in [3.8, 4) is 0 Å². The fourth-order valence-electron chi connectivity index (χ4n) is 2.87. The molecule has 1 aromatic carbocycles. The highest BCUT2D eigenvalue weighted by molar-refractivity contribution is 14.0. The Morgan fingerprint density at radius 1 is 1.33 bits per heavy atom. The number of carbonyl (C=O) groups excluding carboxylic acids is 1. The molecule has 1 aliphatic rings. The molecule has 0 radical (unpaired) electrons. The summed E-state index contributed by atoms with van der Waals surface area (Å²) in [5, 5.41) is 4.09. The number of benzene rings is 1. The van der Waals surface area contributed by atoms with Gasteiger partial charge in [0.2, 0.25) is 0 Å². The van der Waals surface area contributed by atoms with Gasteiger partial charge in [0.15, 0.2) is 5.96 Å². The number of hydrogen-bond donors (Lipinski definition) is 1. The summed E-state index contributed by atoms with van der Waals surface area (Å²) in [6.07, 6.45) is 0. The summed E-state index contributed by atoms with van der Waals surface area (Å²) >= 11 is 2.07. The van der Waals surface area contributed by atoms with Crippen molar-refractivity contribution in [2.24, 2.45) is 10.9 Å². The van der Waals surface area contributed by atoms with E-state index in [9.17, 15) is 4.79 Å². The van der Waals surface area contributed by atoms with E-state index in [0.29, 0.717) is 23.3 Å². The van der Waals surface area contributed by atoms with Crippen LogP contribution in [0, 0.1) is 5.92 Å². The Hall–Kier alpha value is -0.960. The van der Waals surface area contributed by atoms with Gasteiger partial charge < -0.3 is 15.1 Å². The number of nitrogens with zero attached hydrogens (tertiary/aromatic N) is 3. The van der Waals surface area contributed by atoms with Gasteiger partial charge in [0.1, 0.15) is 0 Å². The molecule has 1 aliphatic heterocycles. The van der Waals surface area contributed by atoms with Crippen molar-refractivity contribution < 1.29 is 4.79 Å². The maximum absolute atomic E-state index is 12.0. The van der Waals surface area contributed by atoms with E-state index in [2.05, 4.69) is 42.7 Å². The third-order valence-electron chi connectivity index (χ3n) is 4.49. The first-order valence-electron chi connectivity index (χ1n) is 9.37. The molecule has 0 bridgehead atoms. The molecule has 7 heteroatoms. The molecule has 1 N–H and O–H groups in total. The fraction of sp³-hybridized carbons (Fsp3) is 0.600. The first kappa shape index (κ1) is 24.1. The third-order valence-corrected chi connectivity index (χ3v) is 6.03. The minimum Gasteiger partial charge on any atom is -0.357 e. The third kappa shape index (κ3) is 7.18. The Morgan fingerprint density at radius 3 is 2.56 bits per heavy atom. The molecule has 2 rings (SSSR count). The Morgan fingerprint density at radius 2 is 2.00 bits per heavy atom. The predicted molar refractivity (Wildman–Crippen MR) is 127 cm³/mol. The van der Waals surface area contributed by atoms with Crippen LogP contribution in [0.2, 0.25) is 0 Å². The summed E-state index contributed by atoms with van der Waals surface area (Å²) < 4.78 is 0. The van der Waals surface area contributed by atoms with Gasteiger partial charge in [-0.25, -0.2) is 4.99 Å². The SMILES string of the molecule is CCNC(=NCc1ccc(C(=O)N(C)C)cc1)N1CCSC(C(C)C)C1.I. The van der Waals surface area contributed by atoms with E-state index in [0.717, 1.165) is 36.9 Å². The largest absolute Gasteiger partial charge is 0.357 e. The second-order valence-corrected chi connectivity index (χ2v) is 8.51. The second kappa shape index (κ2) is 11.8. The number of halogens is 1. The van der Waals surface area contributed by atoms with Gasteiger partial charge in [0, 0.05) is 50.3 Å². The lowest BCUT2D eigenvalue weighted by molar-refractivity contribution is 0.0827. The number of thioether (sulfide) groups is 1. The van der Waals surface area contributed by atoms with E-state index in [1.807, 2.05) is 24.3 Å². The van der Waals surface area contributed by atoms with Gasteiger partial charge in [-0.3, -0.25) is 4.79 Å². The van der Waals surface area contributed by atoms with Crippen molar-refractivity contribution in [2.75, 3.05) is 39.5 Å². The molecule has 152 valence electrons. The van der Waals surface area contributed by atoms with Crippen molar-refractivity contribution >= 4 is 47.6 Å². The van der Waals surface area contributed by atoms with Crippen LogP contribution in [0.25, 0.3) is 0 Å². The highest BCUT2D eigenvalue weighted by Crippen LogP contribution is 2.25. The standard InChI is InChI=1S/C20H32N4OS.HI/c1-6-21-20(24-11-12-26-18(14-24)15(2)3)22-13-16-7-9-17(10-8-16)19(25)23(4)5;/h7-10,15,18H,6,11-14H2,1-5H3,(H,21,22);1H. The van der Waals surface area contributed by atoms with Crippen LogP contribution in [-0.2, 0) is 6.54 Å². The molecule has 1 fully saturated rings.